The van der Waals surface area contributed by atoms with E-state index in [9.17, 15) is 46.9 Å². The molecule has 14 nitrogen and oxygen atoms in total. The van der Waals surface area contributed by atoms with Crippen molar-refractivity contribution in [2.75, 3.05) is 24.6 Å². The van der Waals surface area contributed by atoms with Crippen LogP contribution in [0.1, 0.15) is 170 Å². The van der Waals surface area contributed by atoms with E-state index in [4.69, 9.17) is 9.11 Å². The maximum Gasteiger partial charge on any atom is 0.266 e. The number of nitrogens with one attached hydrogen (secondary N) is 2. The summed E-state index contributed by atoms with van der Waals surface area (Å²) in [4.78, 5) is 25.1. The molecule has 68 heavy (non-hydrogen) atoms. The van der Waals surface area contributed by atoms with E-state index in [2.05, 4.69) is 52.2 Å². The highest BCUT2D eigenvalue weighted by Crippen LogP contribution is 2.72. The van der Waals surface area contributed by atoms with Gasteiger partial charge in [-0.3, -0.25) is 18.7 Å². The summed E-state index contributed by atoms with van der Waals surface area (Å²) in [6.07, 6.45) is 14.3. The third-order valence-corrected chi connectivity index (χ3v) is 24.3. The van der Waals surface area contributed by atoms with E-state index >= 15 is 0 Å². The predicted octanol–water partition coefficient (Wildman–Crippen LogP) is 6.55. The minimum atomic E-state index is -4.13. The largest absolute Gasteiger partial charge is 0.393 e. The van der Waals surface area contributed by atoms with Crippen molar-refractivity contribution in [3.63, 3.8) is 0 Å². The molecule has 8 rings (SSSR count). The number of amides is 2. The number of hydrogen-bond acceptors (Lipinski definition) is 10. The molecule has 8 fully saturated rings. The molecular formula is C52H88N2O12S2. The summed E-state index contributed by atoms with van der Waals surface area (Å²) in [5, 5.41) is 55.5. The Hall–Kier alpha value is -1.40. The van der Waals surface area contributed by atoms with Gasteiger partial charge in [0.15, 0.2) is 0 Å². The van der Waals surface area contributed by atoms with Crippen LogP contribution in [0.3, 0.4) is 0 Å². The fourth-order valence-electron chi connectivity index (χ4n) is 19.2. The van der Waals surface area contributed by atoms with Crippen molar-refractivity contribution in [3.8, 4) is 0 Å². The predicted molar refractivity (Wildman–Crippen MR) is 259 cm³/mol. The van der Waals surface area contributed by atoms with Crippen LogP contribution in [0.15, 0.2) is 0 Å². The summed E-state index contributed by atoms with van der Waals surface area (Å²) in [6.45, 7) is 13.9. The Labute approximate surface area is 407 Å². The van der Waals surface area contributed by atoms with Crippen LogP contribution in [0.5, 0.6) is 0 Å². The van der Waals surface area contributed by atoms with Gasteiger partial charge in [-0.05, 0) is 208 Å². The van der Waals surface area contributed by atoms with Crippen molar-refractivity contribution in [1.29, 1.82) is 0 Å². The SMILES string of the molecule is C[C@H](CCC(=O)NCCS(=O)(=O)O)[C@H]1CC[C@H]2[C@@H]3[C@@H](O)CC4CC(O)(C5(O)CC[C@@]6(C)C(C[C@H](O)[C@H]7[C@@H]8CC[C@H]([C@H](C)CCC(=O)NCCS(=O)(=O)O)[C@@]8(C)CC[C@@H]76)C5)CC[C@]4(C)[C@H]3CC[C@]12C. The molecule has 16 heteroatoms. The molecule has 8 aliphatic carbocycles. The zero-order chi connectivity index (χ0) is 49.6. The van der Waals surface area contributed by atoms with Crippen LogP contribution in [0.2, 0.25) is 0 Å². The molecule has 0 aliphatic heterocycles. The fourth-order valence-corrected chi connectivity index (χ4v) is 19.9. The lowest BCUT2D eigenvalue weighted by Crippen LogP contribution is -2.67. The lowest BCUT2D eigenvalue weighted by Gasteiger charge is -2.67. The number of aliphatic hydroxyl groups excluding tert-OH is 2. The van der Waals surface area contributed by atoms with Crippen LogP contribution >= 0.6 is 0 Å². The Bertz CT molecular complexity index is 1960. The van der Waals surface area contributed by atoms with E-state index in [1.165, 1.54) is 0 Å². The van der Waals surface area contributed by atoms with Crippen molar-refractivity contribution >= 4 is 32.1 Å². The van der Waals surface area contributed by atoms with Gasteiger partial charge in [0.05, 0.1) is 34.9 Å². The van der Waals surface area contributed by atoms with Crippen molar-refractivity contribution in [1.82, 2.24) is 10.6 Å². The summed E-state index contributed by atoms with van der Waals surface area (Å²) in [6, 6.07) is 0. The van der Waals surface area contributed by atoms with E-state index in [-0.39, 0.29) is 82.1 Å². The van der Waals surface area contributed by atoms with E-state index in [1.807, 2.05) is 0 Å². The number of rotatable bonds is 15. The fraction of sp³-hybridized carbons (Fsp3) is 0.962. The van der Waals surface area contributed by atoms with Crippen LogP contribution in [-0.4, -0.2) is 106 Å². The molecule has 0 aromatic carbocycles. The number of carbonyl (C=O) groups is 2. The summed E-state index contributed by atoms with van der Waals surface area (Å²) >= 11 is 0. The monoisotopic (exact) mass is 997 g/mol. The third-order valence-electron chi connectivity index (χ3n) is 22.9. The van der Waals surface area contributed by atoms with Crippen molar-refractivity contribution in [3.05, 3.63) is 0 Å². The average molecular weight is 997 g/mol. The summed E-state index contributed by atoms with van der Waals surface area (Å²) < 4.78 is 62.4. The van der Waals surface area contributed by atoms with Gasteiger partial charge < -0.3 is 31.1 Å². The van der Waals surface area contributed by atoms with Crippen LogP contribution in [0.25, 0.3) is 0 Å². The van der Waals surface area contributed by atoms with E-state index in [0.717, 1.165) is 64.2 Å². The lowest BCUT2D eigenvalue weighted by atomic mass is 9.40. The molecule has 8 saturated carbocycles. The van der Waals surface area contributed by atoms with Crippen LogP contribution in [0, 0.1) is 92.7 Å². The molecule has 0 radical (unpaired) electrons. The Morgan fingerprint density at radius 2 is 0.897 bits per heavy atom. The molecule has 0 heterocycles. The zero-order valence-electron chi connectivity index (χ0n) is 42.0. The maximum atomic E-state index is 12.9. The minimum Gasteiger partial charge on any atom is -0.393 e. The second-order valence-corrected chi connectivity index (χ2v) is 29.0. The Morgan fingerprint density at radius 3 is 1.25 bits per heavy atom. The third kappa shape index (κ3) is 9.53. The second kappa shape index (κ2) is 18.8. The first kappa shape index (κ1) is 52.9. The smallest absolute Gasteiger partial charge is 0.266 e. The summed E-state index contributed by atoms with van der Waals surface area (Å²) in [7, 11) is -8.27. The first-order valence-corrected chi connectivity index (χ1v) is 30.0. The van der Waals surface area contributed by atoms with E-state index < -0.39 is 55.2 Å². The number of hydrogen-bond donors (Lipinski definition) is 8. The first-order chi connectivity index (χ1) is 31.6. The second-order valence-electron chi connectivity index (χ2n) is 25.8. The molecule has 20 atom stereocenters. The molecule has 8 aliphatic rings. The molecule has 0 aromatic heterocycles. The van der Waals surface area contributed by atoms with Crippen LogP contribution in [-0.2, 0) is 29.8 Å². The molecule has 0 bridgehead atoms. The van der Waals surface area contributed by atoms with E-state index in [0.29, 0.717) is 99.7 Å². The zero-order valence-corrected chi connectivity index (χ0v) is 43.6. The lowest BCUT2D eigenvalue weighted by molar-refractivity contribution is -0.260. The number of fused-ring (bicyclic) bond motifs is 10. The highest BCUT2D eigenvalue weighted by Gasteiger charge is 2.69. The normalized spacial score (nSPS) is 47.5. The number of aliphatic hydroxyl groups is 4. The quantitative estimate of drug-likeness (QED) is 0.0815. The molecule has 0 spiro atoms. The first-order valence-electron chi connectivity index (χ1n) is 26.8. The maximum absolute atomic E-state index is 12.9. The van der Waals surface area contributed by atoms with Gasteiger partial charge in [-0.15, -0.1) is 0 Å². The Balaban J connectivity index is 0.882. The van der Waals surface area contributed by atoms with Gasteiger partial charge >= 0.3 is 0 Å². The van der Waals surface area contributed by atoms with E-state index in [1.54, 1.807) is 0 Å². The minimum absolute atomic E-state index is 0.0442. The average Bonchev–Trinajstić information content (AvgIpc) is 3.79. The molecule has 0 aromatic rings. The molecule has 8 N–H and O–H groups in total. The highest BCUT2D eigenvalue weighted by atomic mass is 32.2. The molecule has 2 amide bonds. The molecular weight excluding hydrogens is 909 g/mol. The van der Waals surface area contributed by atoms with Gasteiger partial charge in [-0.1, -0.05) is 41.5 Å². The Morgan fingerprint density at radius 1 is 0.544 bits per heavy atom. The van der Waals surface area contributed by atoms with Gasteiger partial charge in [-0.2, -0.15) is 16.8 Å². The van der Waals surface area contributed by atoms with Gasteiger partial charge in [0.1, 0.15) is 0 Å². The van der Waals surface area contributed by atoms with Gasteiger partial charge in [0.25, 0.3) is 20.2 Å². The van der Waals surface area contributed by atoms with Gasteiger partial charge in [-0.25, -0.2) is 0 Å². The molecule has 0 saturated heterocycles. The summed E-state index contributed by atoms with van der Waals surface area (Å²) in [5.74, 6) is 1.92. The highest BCUT2D eigenvalue weighted by molar-refractivity contribution is 7.86. The van der Waals surface area contributed by atoms with Crippen LogP contribution < -0.4 is 10.6 Å². The van der Waals surface area contributed by atoms with Gasteiger partial charge in [0.2, 0.25) is 11.8 Å². The Kier molecular flexibility index (Phi) is 14.6. The summed E-state index contributed by atoms with van der Waals surface area (Å²) in [5.41, 5.74) is -2.56. The standard InChI is InChI=1S/C52H88N2O12S2/c1-31(7-13-43(57)53-23-25-67(61,62)63)35-9-11-37-45-39(15-17-49(35,37)5)47(3)19-21-51(59,29-33(47)27-41(45)55)52(60)22-20-48(4)34(30-52)28-42(56)46-38-12-10-36(50(38,6)18-16-40(46)48)32(2)8-14-44(58)54-24-26-68(64,65)66/h31-42,45-46,55-56,59-60H,7-30H2,1-6H3,(H,53,57)(H,54,58)(H,61,62,63)(H,64,65,66)/t31-,32-,33?,34?,35-,36-,37+,38+,39+,40+,41+,42+,45+,46+,47+,48+,49-,50-,51?,52?/m1/s1. The van der Waals surface area contributed by atoms with Crippen LogP contribution in [0.4, 0.5) is 0 Å². The van der Waals surface area contributed by atoms with Crippen molar-refractivity contribution in [2.45, 2.75) is 193 Å². The van der Waals surface area contributed by atoms with Crippen molar-refractivity contribution < 1.29 is 56.0 Å². The van der Waals surface area contributed by atoms with Gasteiger partial charge in [0, 0.05) is 25.9 Å². The molecule has 390 valence electrons. The molecule has 4 unspecified atom stereocenters. The number of carbonyl (C=O) groups excluding carboxylic acids is 2. The topological polar surface area (TPSA) is 248 Å². The van der Waals surface area contributed by atoms with Crippen molar-refractivity contribution in [2.24, 2.45) is 92.7 Å².